The Morgan fingerprint density at radius 3 is 2.17 bits per heavy atom. The van der Waals surface area contributed by atoms with E-state index in [0.717, 1.165) is 22.3 Å². The Morgan fingerprint density at radius 2 is 1.57 bits per heavy atom. The summed E-state index contributed by atoms with van der Waals surface area (Å²) in [4.78, 5) is 36.1. The van der Waals surface area contributed by atoms with Crippen molar-refractivity contribution >= 4 is 23.7 Å². The van der Waals surface area contributed by atoms with Crippen LogP contribution in [0.25, 0.3) is 11.1 Å². The lowest BCUT2D eigenvalue weighted by atomic mass is 9.98. The lowest BCUT2D eigenvalue weighted by molar-refractivity contribution is -0.148. The molecule has 0 aliphatic heterocycles. The Balaban J connectivity index is 1.37. The van der Waals surface area contributed by atoms with E-state index < -0.39 is 30.1 Å². The van der Waals surface area contributed by atoms with Crippen LogP contribution in [0.15, 0.2) is 72.8 Å². The summed E-state index contributed by atoms with van der Waals surface area (Å²) < 4.78 is 5.55. The third-order valence-corrected chi connectivity index (χ3v) is 6.09. The second kappa shape index (κ2) is 9.99. The molecular formula is C27H26N2O6. The van der Waals surface area contributed by atoms with Crippen molar-refractivity contribution in [2.24, 2.45) is 0 Å². The molecule has 180 valence electrons. The van der Waals surface area contributed by atoms with Gasteiger partial charge < -0.3 is 20.3 Å². The monoisotopic (exact) mass is 474 g/mol. The van der Waals surface area contributed by atoms with Crippen molar-refractivity contribution in [1.82, 2.24) is 5.32 Å². The molecule has 0 radical (unpaired) electrons. The van der Waals surface area contributed by atoms with Crippen molar-refractivity contribution in [2.75, 3.05) is 18.5 Å². The summed E-state index contributed by atoms with van der Waals surface area (Å²) in [5.41, 5.74) is 3.75. The summed E-state index contributed by atoms with van der Waals surface area (Å²) in [5, 5.41) is 23.5. The van der Waals surface area contributed by atoms with Crippen LogP contribution >= 0.6 is 0 Å². The maximum atomic E-state index is 12.5. The molecule has 3 aromatic rings. The molecule has 1 aliphatic carbocycles. The minimum absolute atomic E-state index is 0.0572. The molecule has 4 rings (SSSR count). The molecule has 8 nitrogen and oxygen atoms in total. The minimum atomic E-state index is -1.77. The predicted molar refractivity (Wildman–Crippen MR) is 130 cm³/mol. The van der Waals surface area contributed by atoms with Crippen LogP contribution < -0.4 is 10.6 Å². The van der Waals surface area contributed by atoms with E-state index in [-0.39, 0.29) is 18.9 Å². The molecule has 0 fully saturated rings. The average molecular weight is 475 g/mol. The summed E-state index contributed by atoms with van der Waals surface area (Å²) >= 11 is 0. The van der Waals surface area contributed by atoms with Crippen LogP contribution in [-0.4, -0.2) is 46.9 Å². The number of carboxylic acid groups (broad SMARTS) is 1. The van der Waals surface area contributed by atoms with Crippen molar-refractivity contribution in [3.05, 3.63) is 89.5 Å². The SMILES string of the molecule is CC(CO)(NC(=O)Cc1cccc(NC(=O)OCC2c3ccccc3-c3ccccc32)c1)C(=O)O. The van der Waals surface area contributed by atoms with E-state index in [1.165, 1.54) is 6.92 Å². The van der Waals surface area contributed by atoms with Crippen molar-refractivity contribution in [1.29, 1.82) is 0 Å². The molecule has 4 N–H and O–H groups in total. The first kappa shape index (κ1) is 24.0. The van der Waals surface area contributed by atoms with E-state index in [4.69, 9.17) is 4.74 Å². The number of amides is 2. The van der Waals surface area contributed by atoms with Gasteiger partial charge in [0.25, 0.3) is 0 Å². The number of ether oxygens (including phenoxy) is 1. The number of rotatable bonds is 8. The molecule has 3 aromatic carbocycles. The highest BCUT2D eigenvalue weighted by atomic mass is 16.5. The zero-order chi connectivity index (χ0) is 25.0. The Bertz CT molecular complexity index is 1230. The number of benzene rings is 3. The van der Waals surface area contributed by atoms with Crippen LogP contribution in [-0.2, 0) is 20.7 Å². The number of aliphatic carboxylic acids is 1. The average Bonchev–Trinajstić information content (AvgIpc) is 3.16. The zero-order valence-corrected chi connectivity index (χ0v) is 19.2. The molecular weight excluding hydrogens is 448 g/mol. The van der Waals surface area contributed by atoms with Gasteiger partial charge in [-0.05, 0) is 46.9 Å². The van der Waals surface area contributed by atoms with Gasteiger partial charge in [-0.2, -0.15) is 0 Å². The number of carbonyl (C=O) groups is 3. The maximum absolute atomic E-state index is 12.5. The van der Waals surface area contributed by atoms with E-state index in [1.807, 2.05) is 36.4 Å². The van der Waals surface area contributed by atoms with E-state index >= 15 is 0 Å². The summed E-state index contributed by atoms with van der Waals surface area (Å²) in [7, 11) is 0. The molecule has 0 heterocycles. The van der Waals surface area contributed by atoms with E-state index in [1.54, 1.807) is 24.3 Å². The van der Waals surface area contributed by atoms with Crippen LogP contribution in [0.1, 0.15) is 29.5 Å². The van der Waals surface area contributed by atoms with Gasteiger partial charge in [-0.3, -0.25) is 10.1 Å². The predicted octanol–water partition coefficient (Wildman–Crippen LogP) is 3.54. The Kier molecular flexibility index (Phi) is 6.84. The van der Waals surface area contributed by atoms with Crippen molar-refractivity contribution in [3.8, 4) is 11.1 Å². The number of aliphatic hydroxyl groups excluding tert-OH is 1. The van der Waals surface area contributed by atoms with Crippen LogP contribution in [0.5, 0.6) is 0 Å². The fourth-order valence-electron chi connectivity index (χ4n) is 4.21. The third-order valence-electron chi connectivity index (χ3n) is 6.09. The van der Waals surface area contributed by atoms with Crippen LogP contribution in [0.2, 0.25) is 0 Å². The highest BCUT2D eigenvalue weighted by molar-refractivity contribution is 5.88. The smallest absolute Gasteiger partial charge is 0.411 e. The van der Waals surface area contributed by atoms with Crippen molar-refractivity contribution in [3.63, 3.8) is 0 Å². The van der Waals surface area contributed by atoms with Gasteiger partial charge in [-0.1, -0.05) is 60.7 Å². The number of fused-ring (bicyclic) bond motifs is 3. The van der Waals surface area contributed by atoms with Gasteiger partial charge in [0.15, 0.2) is 5.54 Å². The van der Waals surface area contributed by atoms with Crippen molar-refractivity contribution in [2.45, 2.75) is 24.8 Å². The normalized spacial score (nSPS) is 13.8. The molecule has 8 heteroatoms. The van der Waals surface area contributed by atoms with E-state index in [2.05, 4.69) is 22.8 Å². The third kappa shape index (κ3) is 5.17. The highest BCUT2D eigenvalue weighted by Gasteiger charge is 2.34. The van der Waals surface area contributed by atoms with Crippen LogP contribution in [0, 0.1) is 0 Å². The second-order valence-electron chi connectivity index (χ2n) is 8.67. The number of hydrogen-bond acceptors (Lipinski definition) is 5. The minimum Gasteiger partial charge on any atom is -0.479 e. The van der Waals surface area contributed by atoms with Gasteiger partial charge in [0.2, 0.25) is 5.91 Å². The largest absolute Gasteiger partial charge is 0.479 e. The number of carbonyl (C=O) groups excluding carboxylic acids is 2. The molecule has 0 aromatic heterocycles. The Hall–Kier alpha value is -4.17. The number of hydrogen-bond donors (Lipinski definition) is 4. The molecule has 0 bridgehead atoms. The highest BCUT2D eigenvalue weighted by Crippen LogP contribution is 2.44. The van der Waals surface area contributed by atoms with Crippen molar-refractivity contribution < 1.29 is 29.3 Å². The molecule has 1 atom stereocenters. The first-order chi connectivity index (χ1) is 16.8. The standard InChI is InChI=1S/C27H26N2O6/c1-27(16-30,25(32)33)29-24(31)14-17-7-6-8-18(13-17)28-26(34)35-15-23-21-11-4-2-9-19(21)20-10-3-5-12-22(20)23/h2-13,23,30H,14-16H2,1H3,(H,28,34)(H,29,31)(H,32,33). The van der Waals surface area contributed by atoms with Gasteiger partial charge in [-0.15, -0.1) is 0 Å². The Labute approximate surface area is 202 Å². The molecule has 0 saturated heterocycles. The molecule has 35 heavy (non-hydrogen) atoms. The summed E-state index contributed by atoms with van der Waals surface area (Å²) in [5.74, 6) is -1.96. The summed E-state index contributed by atoms with van der Waals surface area (Å²) in [6.45, 7) is 0.663. The van der Waals surface area contributed by atoms with Gasteiger partial charge in [-0.25, -0.2) is 9.59 Å². The summed E-state index contributed by atoms with van der Waals surface area (Å²) in [6.07, 6.45) is -0.740. The number of aliphatic hydroxyl groups is 1. The van der Waals surface area contributed by atoms with Gasteiger partial charge in [0.05, 0.1) is 13.0 Å². The number of anilines is 1. The lowest BCUT2D eigenvalue weighted by Crippen LogP contribution is -2.55. The maximum Gasteiger partial charge on any atom is 0.411 e. The van der Waals surface area contributed by atoms with E-state index in [0.29, 0.717) is 11.3 Å². The molecule has 0 spiro atoms. The first-order valence-electron chi connectivity index (χ1n) is 11.2. The Morgan fingerprint density at radius 1 is 0.943 bits per heavy atom. The molecule has 1 aliphatic rings. The number of carboxylic acids is 1. The molecule has 0 saturated carbocycles. The topological polar surface area (TPSA) is 125 Å². The molecule has 2 amide bonds. The van der Waals surface area contributed by atoms with Gasteiger partial charge in [0.1, 0.15) is 6.61 Å². The van der Waals surface area contributed by atoms with Gasteiger partial charge in [0, 0.05) is 11.6 Å². The van der Waals surface area contributed by atoms with Crippen LogP contribution in [0.3, 0.4) is 0 Å². The van der Waals surface area contributed by atoms with E-state index in [9.17, 15) is 24.6 Å². The second-order valence-corrected chi connectivity index (χ2v) is 8.67. The zero-order valence-electron chi connectivity index (χ0n) is 19.2. The fraction of sp³-hybridized carbons (Fsp3) is 0.222. The quantitative estimate of drug-likeness (QED) is 0.396. The summed E-state index contributed by atoms with van der Waals surface area (Å²) in [6, 6.07) is 22.8. The lowest BCUT2D eigenvalue weighted by Gasteiger charge is -2.23. The van der Waals surface area contributed by atoms with Crippen LogP contribution in [0.4, 0.5) is 10.5 Å². The fourth-order valence-corrected chi connectivity index (χ4v) is 4.21. The molecule has 1 unspecified atom stereocenters. The van der Waals surface area contributed by atoms with Gasteiger partial charge >= 0.3 is 12.1 Å². The first-order valence-corrected chi connectivity index (χ1v) is 11.2. The number of nitrogens with one attached hydrogen (secondary N) is 2.